The molecule has 0 atom stereocenters. The summed E-state index contributed by atoms with van der Waals surface area (Å²) in [6.07, 6.45) is 3.70. The van der Waals surface area contributed by atoms with Crippen LogP contribution in [0.2, 0.25) is 0 Å². The van der Waals surface area contributed by atoms with Gasteiger partial charge in [0, 0.05) is 51.3 Å². The standard InChI is InChI=1S/C19H28N6O/c1-13(2)10-23(3)19(26)14-11-24(12-14)18-15-4-7-20-8-5-16(15)22-17-6-9-21-25(17)18/h6,9,13-14,20H,4-5,7-8,10-12H2,1-3H3. The molecular weight excluding hydrogens is 328 g/mol. The van der Waals surface area contributed by atoms with Crippen molar-refractivity contribution in [2.24, 2.45) is 11.8 Å². The van der Waals surface area contributed by atoms with Crippen molar-refractivity contribution < 1.29 is 4.79 Å². The molecule has 0 saturated carbocycles. The average molecular weight is 356 g/mol. The summed E-state index contributed by atoms with van der Waals surface area (Å²) >= 11 is 0. The molecule has 0 bridgehead atoms. The van der Waals surface area contributed by atoms with Crippen LogP contribution in [-0.4, -0.2) is 65.2 Å². The van der Waals surface area contributed by atoms with Crippen LogP contribution in [0.4, 0.5) is 5.82 Å². The molecule has 0 spiro atoms. The fraction of sp³-hybridized carbons (Fsp3) is 0.632. The molecule has 4 rings (SSSR count). The van der Waals surface area contributed by atoms with Gasteiger partial charge < -0.3 is 15.1 Å². The second-order valence-corrected chi connectivity index (χ2v) is 7.93. The van der Waals surface area contributed by atoms with Crippen LogP contribution in [0.5, 0.6) is 0 Å². The Morgan fingerprint density at radius 2 is 2.12 bits per heavy atom. The molecule has 2 aliphatic rings. The molecule has 26 heavy (non-hydrogen) atoms. The number of carbonyl (C=O) groups is 1. The number of nitrogens with one attached hydrogen (secondary N) is 1. The first kappa shape index (κ1) is 17.3. The number of rotatable bonds is 4. The Hall–Kier alpha value is -2.15. The molecule has 2 aromatic rings. The van der Waals surface area contributed by atoms with Crippen molar-refractivity contribution in [1.29, 1.82) is 0 Å². The molecule has 0 aromatic carbocycles. The van der Waals surface area contributed by atoms with Crippen molar-refractivity contribution in [3.63, 3.8) is 0 Å². The van der Waals surface area contributed by atoms with Gasteiger partial charge in [0.25, 0.3) is 0 Å². The van der Waals surface area contributed by atoms with E-state index >= 15 is 0 Å². The summed E-state index contributed by atoms with van der Waals surface area (Å²) < 4.78 is 1.95. The lowest BCUT2D eigenvalue weighted by atomic mass is 9.96. The summed E-state index contributed by atoms with van der Waals surface area (Å²) in [5, 5.41) is 7.96. The number of fused-ring (bicyclic) bond motifs is 2. The molecule has 0 unspecified atom stereocenters. The summed E-state index contributed by atoms with van der Waals surface area (Å²) in [5.74, 6) is 1.96. The third-order valence-corrected chi connectivity index (χ3v) is 5.33. The summed E-state index contributed by atoms with van der Waals surface area (Å²) in [5.41, 5.74) is 3.35. The molecule has 0 radical (unpaired) electrons. The van der Waals surface area contributed by atoms with E-state index in [4.69, 9.17) is 4.98 Å². The summed E-state index contributed by atoms with van der Waals surface area (Å²) in [6.45, 7) is 8.55. The lowest BCUT2D eigenvalue weighted by molar-refractivity contribution is -0.135. The second kappa shape index (κ2) is 6.87. The molecule has 2 aromatic heterocycles. The monoisotopic (exact) mass is 356 g/mol. The van der Waals surface area contributed by atoms with E-state index in [2.05, 4.69) is 29.2 Å². The number of hydrogen-bond donors (Lipinski definition) is 1. The van der Waals surface area contributed by atoms with Gasteiger partial charge in [0.15, 0.2) is 5.65 Å². The zero-order valence-corrected chi connectivity index (χ0v) is 15.9. The van der Waals surface area contributed by atoms with Crippen LogP contribution in [0.1, 0.15) is 25.1 Å². The molecule has 1 N–H and O–H groups in total. The lowest BCUT2D eigenvalue weighted by Crippen LogP contribution is -2.55. The highest BCUT2D eigenvalue weighted by Gasteiger charge is 2.37. The smallest absolute Gasteiger partial charge is 0.229 e. The zero-order chi connectivity index (χ0) is 18.3. The third kappa shape index (κ3) is 3.05. The van der Waals surface area contributed by atoms with E-state index in [-0.39, 0.29) is 11.8 Å². The van der Waals surface area contributed by atoms with Crippen LogP contribution in [-0.2, 0) is 17.6 Å². The Morgan fingerprint density at radius 3 is 2.88 bits per heavy atom. The first-order valence-corrected chi connectivity index (χ1v) is 9.60. The minimum absolute atomic E-state index is 0.0806. The zero-order valence-electron chi connectivity index (χ0n) is 15.9. The molecule has 7 nitrogen and oxygen atoms in total. The van der Waals surface area contributed by atoms with Gasteiger partial charge in [0.1, 0.15) is 5.82 Å². The van der Waals surface area contributed by atoms with Gasteiger partial charge in [-0.25, -0.2) is 4.98 Å². The highest BCUT2D eigenvalue weighted by molar-refractivity contribution is 5.82. The summed E-state index contributed by atoms with van der Waals surface area (Å²) in [6, 6.07) is 1.96. The first-order valence-electron chi connectivity index (χ1n) is 9.60. The molecule has 2 aliphatic heterocycles. The number of anilines is 1. The Labute approximate surface area is 154 Å². The highest BCUT2D eigenvalue weighted by atomic mass is 16.2. The van der Waals surface area contributed by atoms with E-state index in [1.807, 2.05) is 28.7 Å². The van der Waals surface area contributed by atoms with Crippen molar-refractivity contribution in [2.75, 3.05) is 44.7 Å². The molecule has 1 fully saturated rings. The maximum Gasteiger partial charge on any atom is 0.229 e. The van der Waals surface area contributed by atoms with Gasteiger partial charge in [-0.15, -0.1) is 0 Å². The van der Waals surface area contributed by atoms with E-state index in [0.717, 1.165) is 57.0 Å². The number of carbonyl (C=O) groups excluding carboxylic acids is 1. The van der Waals surface area contributed by atoms with Crippen molar-refractivity contribution in [1.82, 2.24) is 24.8 Å². The maximum absolute atomic E-state index is 12.6. The fourth-order valence-electron chi connectivity index (χ4n) is 4.10. The van der Waals surface area contributed by atoms with Crippen molar-refractivity contribution in [3.05, 3.63) is 23.5 Å². The topological polar surface area (TPSA) is 65.8 Å². The van der Waals surface area contributed by atoms with Crippen molar-refractivity contribution >= 4 is 17.4 Å². The van der Waals surface area contributed by atoms with E-state index in [1.54, 1.807) is 0 Å². The number of aromatic nitrogens is 3. The molecule has 1 amide bonds. The Morgan fingerprint density at radius 1 is 1.35 bits per heavy atom. The van der Waals surface area contributed by atoms with Crippen LogP contribution in [0.25, 0.3) is 5.65 Å². The number of hydrogen-bond acceptors (Lipinski definition) is 5. The first-order chi connectivity index (χ1) is 12.5. The lowest BCUT2D eigenvalue weighted by Gasteiger charge is -2.42. The van der Waals surface area contributed by atoms with E-state index in [0.29, 0.717) is 5.92 Å². The summed E-state index contributed by atoms with van der Waals surface area (Å²) in [4.78, 5) is 21.6. The van der Waals surface area contributed by atoms with Gasteiger partial charge in [-0.3, -0.25) is 4.79 Å². The molecule has 1 saturated heterocycles. The van der Waals surface area contributed by atoms with Crippen LogP contribution in [0, 0.1) is 11.8 Å². The quantitative estimate of drug-likeness (QED) is 0.884. The molecule has 7 heteroatoms. The Bertz CT molecular complexity index is 808. The number of nitrogens with zero attached hydrogens (tertiary/aromatic N) is 5. The van der Waals surface area contributed by atoms with Gasteiger partial charge >= 0.3 is 0 Å². The van der Waals surface area contributed by atoms with Crippen molar-refractivity contribution in [2.45, 2.75) is 26.7 Å². The average Bonchev–Trinajstić information content (AvgIpc) is 2.89. The van der Waals surface area contributed by atoms with Gasteiger partial charge in [0.05, 0.1) is 17.8 Å². The fourth-order valence-corrected chi connectivity index (χ4v) is 4.10. The SMILES string of the molecule is CC(C)CN(C)C(=O)C1CN(c2c3c(nc4ccnn24)CCNCC3)C1. The number of amides is 1. The predicted octanol–water partition coefficient (Wildman–Crippen LogP) is 0.968. The van der Waals surface area contributed by atoms with E-state index in [1.165, 1.54) is 11.3 Å². The van der Waals surface area contributed by atoms with E-state index in [9.17, 15) is 4.79 Å². The van der Waals surface area contributed by atoms with Crippen LogP contribution in [0.3, 0.4) is 0 Å². The minimum atomic E-state index is 0.0806. The van der Waals surface area contributed by atoms with Crippen LogP contribution in [0.15, 0.2) is 12.3 Å². The minimum Gasteiger partial charge on any atom is -0.354 e. The Balaban J connectivity index is 1.58. The molecule has 4 heterocycles. The molecule has 0 aliphatic carbocycles. The molecule has 140 valence electrons. The van der Waals surface area contributed by atoms with Gasteiger partial charge in [0.2, 0.25) is 5.91 Å². The van der Waals surface area contributed by atoms with Crippen molar-refractivity contribution in [3.8, 4) is 0 Å². The Kier molecular flexibility index (Phi) is 4.56. The molecular formula is C19H28N6O. The van der Waals surface area contributed by atoms with Crippen LogP contribution < -0.4 is 10.2 Å². The van der Waals surface area contributed by atoms with Crippen LogP contribution >= 0.6 is 0 Å². The normalized spacial score (nSPS) is 17.9. The predicted molar refractivity (Wildman–Crippen MR) is 101 cm³/mol. The van der Waals surface area contributed by atoms with E-state index < -0.39 is 0 Å². The van der Waals surface area contributed by atoms with Gasteiger partial charge in [-0.1, -0.05) is 13.8 Å². The second-order valence-electron chi connectivity index (χ2n) is 7.93. The van der Waals surface area contributed by atoms with Gasteiger partial charge in [-0.05, 0) is 18.9 Å². The maximum atomic E-state index is 12.6. The summed E-state index contributed by atoms with van der Waals surface area (Å²) in [7, 11) is 1.92. The largest absolute Gasteiger partial charge is 0.354 e. The third-order valence-electron chi connectivity index (χ3n) is 5.33. The highest BCUT2D eigenvalue weighted by Crippen LogP contribution is 2.32. The van der Waals surface area contributed by atoms with Gasteiger partial charge in [-0.2, -0.15) is 9.61 Å².